The summed E-state index contributed by atoms with van der Waals surface area (Å²) in [6.45, 7) is 9.30. The van der Waals surface area contributed by atoms with Gasteiger partial charge in [-0.15, -0.1) is 11.3 Å². The van der Waals surface area contributed by atoms with Gasteiger partial charge >= 0.3 is 0 Å². The van der Waals surface area contributed by atoms with E-state index in [9.17, 15) is 10.1 Å². The molecule has 7 heteroatoms. The molecule has 0 unspecified atom stereocenters. The minimum atomic E-state index is -0.0130. The third-order valence-corrected chi connectivity index (χ3v) is 6.18. The molecule has 138 valence electrons. The van der Waals surface area contributed by atoms with Gasteiger partial charge in [0.15, 0.2) is 6.54 Å². The van der Waals surface area contributed by atoms with Gasteiger partial charge in [0.05, 0.1) is 19.2 Å². The molecule has 0 aliphatic carbocycles. The van der Waals surface area contributed by atoms with Crippen molar-refractivity contribution in [3.05, 3.63) is 39.2 Å². The number of hydrogen-bond acceptors (Lipinski definition) is 3. The zero-order valence-electron chi connectivity index (χ0n) is 15.7. The highest BCUT2D eigenvalue weighted by atomic mass is 32.1. The van der Waals surface area contributed by atoms with Crippen molar-refractivity contribution in [2.24, 2.45) is 0 Å². The number of piperazine rings is 1. The fraction of sp³-hybridized carbons (Fsp3) is 0.474. The molecule has 0 saturated carbocycles. The number of thiophene rings is 1. The van der Waals surface area contributed by atoms with Crippen molar-refractivity contribution in [1.82, 2.24) is 4.57 Å². The number of nitrogens with zero attached hydrogens (tertiary/aromatic N) is 2. The lowest BCUT2D eigenvalue weighted by atomic mass is 10.2. The van der Waals surface area contributed by atoms with Gasteiger partial charge in [-0.25, -0.2) is 0 Å². The molecule has 26 heavy (non-hydrogen) atoms. The van der Waals surface area contributed by atoms with Crippen LogP contribution in [0.25, 0.3) is 0 Å². The molecule has 1 amide bonds. The molecule has 1 aliphatic rings. The number of rotatable bonds is 5. The summed E-state index contributed by atoms with van der Waals surface area (Å²) in [7, 11) is 2.19. The molecular weight excluding hydrogens is 346 g/mol. The normalized spacial score (nSPS) is 19.9. The van der Waals surface area contributed by atoms with E-state index < -0.39 is 0 Å². The van der Waals surface area contributed by atoms with Crippen LogP contribution in [0.3, 0.4) is 0 Å². The summed E-state index contributed by atoms with van der Waals surface area (Å²) in [4.78, 5) is 16.7. The lowest BCUT2D eigenvalue weighted by Gasteiger charge is -2.26. The predicted octanol–water partition coefficient (Wildman–Crippen LogP) is -0.562. The summed E-state index contributed by atoms with van der Waals surface area (Å²) in [5.41, 5.74) is 2.54. The zero-order valence-corrected chi connectivity index (χ0v) is 16.5. The number of nitrogens with one attached hydrogen (secondary N) is 3. The molecule has 0 bridgehead atoms. The number of nitriles is 1. The van der Waals surface area contributed by atoms with E-state index in [4.69, 9.17) is 0 Å². The van der Waals surface area contributed by atoms with Gasteiger partial charge < -0.3 is 19.7 Å². The maximum absolute atomic E-state index is 12.6. The Balaban J connectivity index is 1.78. The van der Waals surface area contributed by atoms with Crippen LogP contribution in [0.15, 0.2) is 17.5 Å². The Morgan fingerprint density at radius 1 is 1.35 bits per heavy atom. The molecule has 0 atom stereocenters. The van der Waals surface area contributed by atoms with Crippen LogP contribution in [0.4, 0.5) is 5.82 Å². The van der Waals surface area contributed by atoms with Gasteiger partial charge in [0.1, 0.15) is 38.1 Å². The van der Waals surface area contributed by atoms with Gasteiger partial charge in [-0.3, -0.25) is 4.79 Å². The summed E-state index contributed by atoms with van der Waals surface area (Å²) in [5.74, 6) is 0.626. The number of carbonyl (C=O) groups is 1. The Morgan fingerprint density at radius 2 is 2.08 bits per heavy atom. The summed E-state index contributed by atoms with van der Waals surface area (Å²) in [5, 5.41) is 14.7. The van der Waals surface area contributed by atoms with Crippen molar-refractivity contribution < 1.29 is 14.6 Å². The topological polar surface area (TPSA) is 66.7 Å². The maximum atomic E-state index is 12.6. The van der Waals surface area contributed by atoms with Crippen LogP contribution in [0, 0.1) is 25.2 Å². The van der Waals surface area contributed by atoms with E-state index in [1.54, 1.807) is 11.3 Å². The first kappa shape index (κ1) is 18.6. The van der Waals surface area contributed by atoms with Crippen LogP contribution in [-0.2, 0) is 11.3 Å². The van der Waals surface area contributed by atoms with Crippen molar-refractivity contribution >= 4 is 23.1 Å². The van der Waals surface area contributed by atoms with Crippen LogP contribution in [0.1, 0.15) is 21.7 Å². The van der Waals surface area contributed by atoms with Gasteiger partial charge in [0.25, 0.3) is 5.91 Å². The molecule has 1 fully saturated rings. The van der Waals surface area contributed by atoms with Crippen LogP contribution in [-0.4, -0.2) is 50.2 Å². The highest BCUT2D eigenvalue weighted by Crippen LogP contribution is 2.28. The van der Waals surface area contributed by atoms with Gasteiger partial charge in [0, 0.05) is 10.6 Å². The van der Waals surface area contributed by atoms with Crippen molar-refractivity contribution in [2.75, 3.05) is 45.1 Å². The zero-order chi connectivity index (χ0) is 18.7. The Labute approximate surface area is 158 Å². The fourth-order valence-corrected chi connectivity index (χ4v) is 4.19. The minimum Gasteiger partial charge on any atom is -0.328 e. The molecular formula is C19H27N5OS+2. The molecule has 0 radical (unpaired) electrons. The van der Waals surface area contributed by atoms with Gasteiger partial charge in [-0.1, -0.05) is 6.07 Å². The number of aromatic nitrogens is 1. The molecule has 3 N–H and O–H groups in total. The average molecular weight is 374 g/mol. The Bertz CT molecular complexity index is 810. The van der Waals surface area contributed by atoms with E-state index in [0.29, 0.717) is 24.5 Å². The Hall–Kier alpha value is -2.14. The maximum Gasteiger partial charge on any atom is 0.280 e. The van der Waals surface area contributed by atoms with Crippen molar-refractivity contribution in [3.63, 3.8) is 0 Å². The Morgan fingerprint density at radius 3 is 2.69 bits per heavy atom. The molecule has 1 aliphatic heterocycles. The second-order valence-electron chi connectivity index (χ2n) is 7.14. The second-order valence-corrected chi connectivity index (χ2v) is 8.18. The molecule has 2 aromatic heterocycles. The third-order valence-electron chi connectivity index (χ3n) is 5.31. The van der Waals surface area contributed by atoms with Crippen LogP contribution in [0.2, 0.25) is 0 Å². The summed E-state index contributed by atoms with van der Waals surface area (Å²) >= 11 is 1.68. The largest absolute Gasteiger partial charge is 0.328 e. The lowest BCUT2D eigenvalue weighted by molar-refractivity contribution is -0.999. The standard InChI is InChI=1S/C19H25N5OS/c1-14-15(2)24(12-16-5-4-10-26-16)19(17(14)11-20)21-18(25)13-23-8-6-22(3)7-9-23/h4-5,10H,6-9,12-13H2,1-3H3,(H,21,25)/p+2. The first-order chi connectivity index (χ1) is 12.5. The van der Waals surface area contributed by atoms with Crippen LogP contribution >= 0.6 is 11.3 Å². The van der Waals surface area contributed by atoms with Gasteiger partial charge in [-0.05, 0) is 30.9 Å². The number of likely N-dealkylation sites (N-methyl/N-ethyl adjacent to an activating group) is 1. The SMILES string of the molecule is Cc1c(C#N)c(NC(=O)C[NH+]2CC[NH+](C)CC2)n(Cc2cccs2)c1C. The van der Waals surface area contributed by atoms with E-state index in [1.165, 1.54) is 14.7 Å². The fourth-order valence-electron chi connectivity index (χ4n) is 3.50. The number of hydrogen-bond donors (Lipinski definition) is 3. The van der Waals surface area contributed by atoms with Crippen LogP contribution in [0.5, 0.6) is 0 Å². The van der Waals surface area contributed by atoms with E-state index in [1.807, 2.05) is 25.3 Å². The van der Waals surface area contributed by atoms with Crippen molar-refractivity contribution in [1.29, 1.82) is 5.26 Å². The monoisotopic (exact) mass is 373 g/mol. The first-order valence-electron chi connectivity index (χ1n) is 9.06. The van der Waals surface area contributed by atoms with Crippen molar-refractivity contribution in [2.45, 2.75) is 20.4 Å². The number of carbonyl (C=O) groups excluding carboxylic acids is 1. The Kier molecular flexibility index (Phi) is 5.77. The third kappa shape index (κ3) is 3.98. The summed E-state index contributed by atoms with van der Waals surface area (Å²) < 4.78 is 2.06. The summed E-state index contributed by atoms with van der Waals surface area (Å²) in [6.07, 6.45) is 0. The minimum absolute atomic E-state index is 0.0130. The number of anilines is 1. The highest BCUT2D eigenvalue weighted by Gasteiger charge is 2.25. The molecule has 3 heterocycles. The molecule has 1 saturated heterocycles. The van der Waals surface area contributed by atoms with E-state index >= 15 is 0 Å². The molecule has 6 nitrogen and oxygen atoms in total. The van der Waals surface area contributed by atoms with Crippen LogP contribution < -0.4 is 15.1 Å². The molecule has 2 aromatic rings. The summed E-state index contributed by atoms with van der Waals surface area (Å²) in [6, 6.07) is 6.38. The first-order valence-corrected chi connectivity index (χ1v) is 9.94. The van der Waals surface area contributed by atoms with Crippen molar-refractivity contribution in [3.8, 4) is 6.07 Å². The number of amides is 1. The lowest BCUT2D eigenvalue weighted by Crippen LogP contribution is -3.27. The van der Waals surface area contributed by atoms with E-state index in [-0.39, 0.29) is 5.91 Å². The van der Waals surface area contributed by atoms with Gasteiger partial charge in [0.2, 0.25) is 0 Å². The number of quaternary nitrogens is 2. The van der Waals surface area contributed by atoms with E-state index in [2.05, 4.69) is 29.1 Å². The quantitative estimate of drug-likeness (QED) is 0.658. The highest BCUT2D eigenvalue weighted by molar-refractivity contribution is 7.09. The predicted molar refractivity (Wildman–Crippen MR) is 103 cm³/mol. The smallest absolute Gasteiger partial charge is 0.280 e. The van der Waals surface area contributed by atoms with Gasteiger partial charge in [-0.2, -0.15) is 5.26 Å². The van der Waals surface area contributed by atoms with E-state index in [0.717, 1.165) is 37.4 Å². The molecule has 3 rings (SSSR count). The molecule has 0 spiro atoms. The average Bonchev–Trinajstić information content (AvgIpc) is 3.20. The second kappa shape index (κ2) is 8.04. The molecule has 0 aromatic carbocycles.